The number of aromatic nitrogens is 3. The van der Waals surface area contributed by atoms with Crippen molar-refractivity contribution in [3.8, 4) is 0 Å². The van der Waals surface area contributed by atoms with Crippen LogP contribution in [0.2, 0.25) is 0 Å². The molecule has 0 bridgehead atoms. The molecule has 0 saturated heterocycles. The van der Waals surface area contributed by atoms with Crippen LogP contribution in [0, 0.1) is 0 Å². The summed E-state index contributed by atoms with van der Waals surface area (Å²) in [6, 6.07) is 11.4. The highest BCUT2D eigenvalue weighted by atomic mass is 16.5. The zero-order valence-corrected chi connectivity index (χ0v) is 19.6. The molecule has 0 fully saturated rings. The third-order valence-corrected chi connectivity index (χ3v) is 7.11. The van der Waals surface area contributed by atoms with E-state index in [1.54, 1.807) is 29.4 Å². The summed E-state index contributed by atoms with van der Waals surface area (Å²) in [7, 11) is 1.35. The van der Waals surface area contributed by atoms with E-state index < -0.39 is 5.41 Å². The summed E-state index contributed by atoms with van der Waals surface area (Å²) in [5.74, 6) is 0.0411. The van der Waals surface area contributed by atoms with Gasteiger partial charge in [-0.3, -0.25) is 19.4 Å². The van der Waals surface area contributed by atoms with Crippen LogP contribution in [0.25, 0.3) is 10.9 Å². The number of nitrogens with one attached hydrogen (secondary N) is 2. The fourth-order valence-corrected chi connectivity index (χ4v) is 5.41. The molecule has 4 aromatic rings. The normalized spacial score (nSPS) is 17.6. The number of fused-ring (bicyclic) bond motifs is 4. The zero-order valence-electron chi connectivity index (χ0n) is 19.6. The Morgan fingerprint density at radius 2 is 2.03 bits per heavy atom. The number of rotatable bonds is 5. The second kappa shape index (κ2) is 8.30. The SMILES string of the molecule is COC(=O)Cc1cn(CC(=O)Nc2ccc3c(c2)CC2(C3)C(=O)Nc3ncccc32)c2cnccc12. The minimum absolute atomic E-state index is 0.0335. The average Bonchev–Trinajstić information content (AvgIpc) is 3.51. The van der Waals surface area contributed by atoms with Gasteiger partial charge in [0.2, 0.25) is 11.8 Å². The van der Waals surface area contributed by atoms with Crippen LogP contribution in [-0.2, 0) is 50.3 Å². The molecule has 2 aliphatic rings. The maximum Gasteiger partial charge on any atom is 0.310 e. The van der Waals surface area contributed by atoms with Crippen molar-refractivity contribution >= 4 is 40.2 Å². The molecule has 1 unspecified atom stereocenters. The van der Waals surface area contributed by atoms with Crippen LogP contribution in [0.4, 0.5) is 11.5 Å². The van der Waals surface area contributed by atoms with E-state index in [0.29, 0.717) is 24.3 Å². The summed E-state index contributed by atoms with van der Waals surface area (Å²) >= 11 is 0. The first kappa shape index (κ1) is 22.0. The van der Waals surface area contributed by atoms with E-state index in [0.717, 1.165) is 33.2 Å². The van der Waals surface area contributed by atoms with Crippen molar-refractivity contribution in [2.24, 2.45) is 0 Å². The van der Waals surface area contributed by atoms with Crippen molar-refractivity contribution in [2.75, 3.05) is 17.7 Å². The zero-order chi connectivity index (χ0) is 24.9. The Labute approximate surface area is 206 Å². The predicted molar refractivity (Wildman–Crippen MR) is 132 cm³/mol. The molecule has 0 radical (unpaired) electrons. The minimum Gasteiger partial charge on any atom is -0.469 e. The number of benzene rings is 1. The highest BCUT2D eigenvalue weighted by molar-refractivity contribution is 6.06. The van der Waals surface area contributed by atoms with Gasteiger partial charge in [0.15, 0.2) is 0 Å². The van der Waals surface area contributed by atoms with E-state index in [1.165, 1.54) is 7.11 Å². The highest BCUT2D eigenvalue weighted by Gasteiger charge is 2.51. The van der Waals surface area contributed by atoms with Crippen LogP contribution in [-0.4, -0.2) is 39.4 Å². The van der Waals surface area contributed by atoms with Crippen molar-refractivity contribution in [3.05, 3.63) is 83.4 Å². The Kier molecular flexibility index (Phi) is 5.06. The molecule has 1 spiro atoms. The number of amides is 2. The number of carbonyl (C=O) groups excluding carboxylic acids is 3. The highest BCUT2D eigenvalue weighted by Crippen LogP contribution is 2.46. The molecule has 36 heavy (non-hydrogen) atoms. The summed E-state index contributed by atoms with van der Waals surface area (Å²) in [6.07, 6.45) is 8.08. The van der Waals surface area contributed by atoms with Crippen LogP contribution < -0.4 is 10.6 Å². The second-order valence-corrected chi connectivity index (χ2v) is 9.25. The molecule has 4 heterocycles. The van der Waals surface area contributed by atoms with Crippen molar-refractivity contribution in [1.82, 2.24) is 14.5 Å². The van der Waals surface area contributed by atoms with Gasteiger partial charge in [0.1, 0.15) is 12.4 Å². The predicted octanol–water partition coefficient (Wildman–Crippen LogP) is 2.77. The maximum absolute atomic E-state index is 13.0. The molecule has 1 aliphatic carbocycles. The van der Waals surface area contributed by atoms with Gasteiger partial charge in [0.25, 0.3) is 0 Å². The quantitative estimate of drug-likeness (QED) is 0.424. The van der Waals surface area contributed by atoms with Gasteiger partial charge in [-0.2, -0.15) is 0 Å². The molecule has 0 saturated carbocycles. The first-order chi connectivity index (χ1) is 17.5. The second-order valence-electron chi connectivity index (χ2n) is 9.25. The first-order valence-electron chi connectivity index (χ1n) is 11.6. The monoisotopic (exact) mass is 481 g/mol. The molecule has 1 aliphatic heterocycles. The van der Waals surface area contributed by atoms with Gasteiger partial charge in [-0.25, -0.2) is 4.98 Å². The molecule has 9 heteroatoms. The number of carbonyl (C=O) groups is 3. The van der Waals surface area contributed by atoms with Gasteiger partial charge in [0.05, 0.1) is 30.7 Å². The third-order valence-electron chi connectivity index (χ3n) is 7.11. The van der Waals surface area contributed by atoms with Crippen LogP contribution in [0.3, 0.4) is 0 Å². The lowest BCUT2D eigenvalue weighted by molar-refractivity contribution is -0.139. The van der Waals surface area contributed by atoms with Crippen molar-refractivity contribution in [1.29, 1.82) is 0 Å². The van der Waals surface area contributed by atoms with Crippen LogP contribution >= 0.6 is 0 Å². The number of methoxy groups -OCH3 is 1. The molecule has 6 rings (SSSR count). The van der Waals surface area contributed by atoms with E-state index in [1.807, 2.05) is 36.4 Å². The Bertz CT molecular complexity index is 1560. The number of anilines is 2. The summed E-state index contributed by atoms with van der Waals surface area (Å²) in [6.45, 7) is 0.0613. The maximum atomic E-state index is 13.0. The fourth-order valence-electron chi connectivity index (χ4n) is 5.41. The molecule has 9 nitrogen and oxygen atoms in total. The molecule has 180 valence electrons. The van der Waals surface area contributed by atoms with Gasteiger partial charge in [0, 0.05) is 35.2 Å². The Morgan fingerprint density at radius 1 is 1.17 bits per heavy atom. The van der Waals surface area contributed by atoms with Gasteiger partial charge in [-0.15, -0.1) is 0 Å². The average molecular weight is 482 g/mol. The molecule has 1 atom stereocenters. The Balaban J connectivity index is 1.21. The number of pyridine rings is 2. The smallest absolute Gasteiger partial charge is 0.310 e. The van der Waals surface area contributed by atoms with E-state index in [2.05, 4.69) is 20.6 Å². The first-order valence-corrected chi connectivity index (χ1v) is 11.6. The lowest BCUT2D eigenvalue weighted by atomic mass is 9.79. The van der Waals surface area contributed by atoms with Crippen molar-refractivity contribution in [2.45, 2.75) is 31.2 Å². The Hall–Kier alpha value is -4.53. The van der Waals surface area contributed by atoms with Gasteiger partial charge < -0.3 is 19.9 Å². The lowest BCUT2D eigenvalue weighted by Crippen LogP contribution is -2.35. The number of hydrogen-bond donors (Lipinski definition) is 2. The van der Waals surface area contributed by atoms with Crippen LogP contribution in [0.15, 0.2) is 61.2 Å². The number of nitrogens with zero attached hydrogens (tertiary/aromatic N) is 3. The summed E-state index contributed by atoms with van der Waals surface area (Å²) < 4.78 is 6.58. The largest absolute Gasteiger partial charge is 0.469 e. The van der Waals surface area contributed by atoms with Crippen molar-refractivity contribution in [3.63, 3.8) is 0 Å². The van der Waals surface area contributed by atoms with E-state index in [9.17, 15) is 14.4 Å². The van der Waals surface area contributed by atoms with Crippen molar-refractivity contribution < 1.29 is 19.1 Å². The number of esters is 1. The van der Waals surface area contributed by atoms with E-state index >= 15 is 0 Å². The van der Waals surface area contributed by atoms with Gasteiger partial charge in [-0.1, -0.05) is 12.1 Å². The Morgan fingerprint density at radius 3 is 2.89 bits per heavy atom. The van der Waals surface area contributed by atoms with Crippen LogP contribution in [0.5, 0.6) is 0 Å². The topological polar surface area (TPSA) is 115 Å². The molecule has 1 aromatic carbocycles. The van der Waals surface area contributed by atoms with Gasteiger partial charge in [-0.05, 0) is 53.8 Å². The molecular formula is C27H23N5O4. The van der Waals surface area contributed by atoms with Gasteiger partial charge >= 0.3 is 5.97 Å². The number of hydrogen-bond acceptors (Lipinski definition) is 6. The molecular weight excluding hydrogens is 458 g/mol. The third kappa shape index (κ3) is 3.51. The summed E-state index contributed by atoms with van der Waals surface area (Å²) in [5, 5.41) is 6.74. The van der Waals surface area contributed by atoms with E-state index in [4.69, 9.17) is 4.74 Å². The number of ether oxygens (including phenoxy) is 1. The molecule has 2 N–H and O–H groups in total. The molecule has 3 aromatic heterocycles. The lowest BCUT2D eigenvalue weighted by Gasteiger charge is -2.20. The van der Waals surface area contributed by atoms with E-state index in [-0.39, 0.29) is 30.7 Å². The standard InChI is InChI=1S/C27H23N5O4/c1-36-24(34)10-18-14-32(22-13-28-8-6-20(18)22)15-23(33)30-19-5-4-16-11-27(12-17(16)9-19)21-3-2-7-29-25(21)31-26(27)35/h2-9,13-14H,10-12,15H2,1H3,(H,30,33)(H,29,31,35). The minimum atomic E-state index is -0.651. The fraction of sp³-hybridized carbons (Fsp3) is 0.222. The summed E-state index contributed by atoms with van der Waals surface area (Å²) in [5.41, 5.74) is 4.62. The van der Waals surface area contributed by atoms with Crippen LogP contribution in [0.1, 0.15) is 22.3 Å². The molecule has 2 amide bonds. The summed E-state index contributed by atoms with van der Waals surface area (Å²) in [4.78, 5) is 46.2.